The Hall–Kier alpha value is -7.72. The number of amides is 6. The van der Waals surface area contributed by atoms with Crippen molar-refractivity contribution in [3.05, 3.63) is 111 Å². The first-order valence-corrected chi connectivity index (χ1v) is 23.6. The molecule has 5 rings (SSSR count). The van der Waals surface area contributed by atoms with Crippen molar-refractivity contribution >= 4 is 60.6 Å². The number of phenols is 1. The Bertz CT molecular complexity index is 2880. The van der Waals surface area contributed by atoms with Crippen molar-refractivity contribution in [1.82, 2.24) is 26.6 Å². The molecule has 3 aromatic carbocycles. The number of aromatic carboxylic acids is 1. The third kappa shape index (κ3) is 14.9. The van der Waals surface area contributed by atoms with E-state index in [4.69, 9.17) is 20.8 Å². The number of alkyl halides is 2. The Morgan fingerprint density at radius 2 is 1.44 bits per heavy atom. The smallest absolute Gasteiger partial charge is 0.508 e. The standard InChI is InChI=1S/C48H52F2N7O14P/c1-25(54-45(64)37(8-3-5-19-51)57-46(65)38(55-26(2)58)21-27-9-12-29(13-10-27)48(49,50)71-72(68)69)43(62)56-36(42(52)61)7-4-6-20-53-44(63)28-11-16-32(35(22-28)47(66)67)41-33-17-14-30(59)23-39(33)70-40-24-31(60)15-18-34(40)41/h9-18,22-25,36-38H,3-8,19-21,51H2,1-2H3,(H9-,52,53,54,55,56,57,58,59,60,61,62,63,64,65,66,67,68,69)/p+1. The van der Waals surface area contributed by atoms with Crippen molar-refractivity contribution in [1.29, 1.82) is 0 Å². The van der Waals surface area contributed by atoms with Crippen LogP contribution in [0.25, 0.3) is 33.4 Å². The number of carboxylic acid groups (broad SMARTS) is 1. The number of halogens is 2. The van der Waals surface area contributed by atoms with Gasteiger partial charge in [-0.1, -0.05) is 18.2 Å². The molecular weight excluding hydrogens is 968 g/mol. The number of phenolic OH excluding ortho intramolecular Hbond substituents is 1. The van der Waals surface area contributed by atoms with Crippen LogP contribution < -0.4 is 43.5 Å². The molecule has 0 aromatic heterocycles. The topological polar surface area (TPSA) is 349 Å². The Morgan fingerprint density at radius 3 is 2.10 bits per heavy atom. The molecule has 1 aliphatic heterocycles. The van der Waals surface area contributed by atoms with E-state index in [9.17, 15) is 61.9 Å². The number of nitrogens with one attached hydrogen (secondary N) is 5. The van der Waals surface area contributed by atoms with Gasteiger partial charge in [0.25, 0.3) is 5.91 Å². The van der Waals surface area contributed by atoms with E-state index in [1.165, 1.54) is 67.6 Å². The number of hydrogen-bond acceptors (Lipinski definition) is 13. The van der Waals surface area contributed by atoms with Crippen LogP contribution >= 0.6 is 8.25 Å². The lowest BCUT2D eigenvalue weighted by Crippen LogP contribution is -2.57. The zero-order chi connectivity index (χ0) is 52.9. The molecule has 2 aliphatic rings. The molecule has 0 saturated carbocycles. The van der Waals surface area contributed by atoms with Crippen molar-refractivity contribution in [3.8, 4) is 28.2 Å². The Labute approximate surface area is 410 Å². The fraction of sp³-hybridized carbons (Fsp3) is 0.333. The van der Waals surface area contributed by atoms with Gasteiger partial charge in [0.2, 0.25) is 29.5 Å². The summed E-state index contributed by atoms with van der Waals surface area (Å²) in [6.45, 7) is 2.80. The first kappa shape index (κ1) is 55.2. The molecule has 5 atom stereocenters. The molecule has 0 bridgehead atoms. The number of carboxylic acids is 1. The van der Waals surface area contributed by atoms with E-state index in [-0.39, 0.29) is 90.0 Å². The van der Waals surface area contributed by atoms with Gasteiger partial charge in [0.15, 0.2) is 5.43 Å². The third-order valence-electron chi connectivity index (χ3n) is 11.3. The number of carbonyl (C=O) groups excluding carboxylic acids is 6. The first-order valence-electron chi connectivity index (χ1n) is 22.4. The van der Waals surface area contributed by atoms with E-state index in [1.54, 1.807) is 6.07 Å². The summed E-state index contributed by atoms with van der Waals surface area (Å²) in [7, 11) is -3.63. The number of rotatable bonds is 25. The third-order valence-corrected chi connectivity index (χ3v) is 11.7. The predicted octanol–water partition coefficient (Wildman–Crippen LogP) is 3.42. The minimum Gasteiger partial charge on any atom is -0.508 e. The van der Waals surface area contributed by atoms with Crippen LogP contribution in [-0.2, 0) is 45.6 Å². The molecule has 382 valence electrons. The second-order valence-electron chi connectivity index (χ2n) is 16.7. The Kier molecular flexibility index (Phi) is 19.1. The monoisotopic (exact) mass is 1020 g/mol. The Balaban J connectivity index is 1.17. The number of primary amides is 1. The van der Waals surface area contributed by atoms with Gasteiger partial charge in [-0.15, -0.1) is 4.89 Å². The van der Waals surface area contributed by atoms with Crippen LogP contribution in [0.15, 0.2) is 88.1 Å². The Morgan fingerprint density at radius 1 is 0.792 bits per heavy atom. The normalized spacial score (nSPS) is 13.3. The van der Waals surface area contributed by atoms with Gasteiger partial charge in [-0.25, -0.2) is 4.79 Å². The number of benzene rings is 4. The largest absolute Gasteiger partial charge is 0.701 e. The average molecular weight is 1020 g/mol. The van der Waals surface area contributed by atoms with Gasteiger partial charge in [0, 0.05) is 58.7 Å². The summed E-state index contributed by atoms with van der Waals surface area (Å²) in [6, 6.07) is 11.6. The van der Waals surface area contributed by atoms with Gasteiger partial charge in [-0.2, -0.15) is 8.78 Å². The zero-order valence-corrected chi connectivity index (χ0v) is 39.8. The maximum absolute atomic E-state index is 14.1. The van der Waals surface area contributed by atoms with Crippen molar-refractivity contribution in [2.45, 2.75) is 89.1 Å². The maximum atomic E-state index is 14.1. The van der Waals surface area contributed by atoms with Gasteiger partial charge in [-0.3, -0.25) is 33.6 Å². The molecular formula is C48H53F2N7O14P+. The van der Waals surface area contributed by atoms with Gasteiger partial charge >= 0.3 is 20.3 Å². The number of carbonyl (C=O) groups is 7. The fourth-order valence-electron chi connectivity index (χ4n) is 7.68. The zero-order valence-electron chi connectivity index (χ0n) is 38.9. The second-order valence-corrected chi connectivity index (χ2v) is 17.3. The molecule has 0 spiro atoms. The SMILES string of the molecule is CC(=O)NC(Cc1ccc(C(F)(F)O[P+](=O)O)cc1)C(=O)NC(CCCCN)C(=O)NC(C)C(=O)NC(CCCCNC(=O)c1ccc(-c2c3ccc(=O)cc-3oc3cc(O)ccc23)c(C(=O)O)c1)C(N)=O. The van der Waals surface area contributed by atoms with Crippen LogP contribution in [0.3, 0.4) is 0 Å². The highest BCUT2D eigenvalue weighted by atomic mass is 31.1. The molecule has 3 aromatic rings. The number of nitrogens with two attached hydrogens (primary N) is 2. The van der Waals surface area contributed by atoms with E-state index in [1.807, 2.05) is 0 Å². The van der Waals surface area contributed by atoms with E-state index >= 15 is 0 Å². The molecule has 0 saturated heterocycles. The summed E-state index contributed by atoms with van der Waals surface area (Å²) in [5, 5.41) is 33.5. The van der Waals surface area contributed by atoms with Crippen LogP contribution in [0.5, 0.6) is 5.75 Å². The maximum Gasteiger partial charge on any atom is 0.701 e. The number of aromatic hydroxyl groups is 1. The van der Waals surface area contributed by atoms with Gasteiger partial charge < -0.3 is 52.7 Å². The highest BCUT2D eigenvalue weighted by Gasteiger charge is 2.43. The minimum atomic E-state index is -4.09. The quantitative estimate of drug-likeness (QED) is 0.0227. The van der Waals surface area contributed by atoms with Gasteiger partial charge in [-0.05, 0) is 116 Å². The molecule has 12 N–H and O–H groups in total. The van der Waals surface area contributed by atoms with Crippen LogP contribution in [0.2, 0.25) is 0 Å². The summed E-state index contributed by atoms with van der Waals surface area (Å²) >= 11 is 0. The predicted molar refractivity (Wildman–Crippen MR) is 255 cm³/mol. The lowest BCUT2D eigenvalue weighted by Gasteiger charge is -2.25. The second kappa shape index (κ2) is 24.9. The molecule has 21 nitrogen and oxygen atoms in total. The summed E-state index contributed by atoms with van der Waals surface area (Å²) in [5.41, 5.74) is 11.4. The lowest BCUT2D eigenvalue weighted by atomic mass is 9.90. The van der Waals surface area contributed by atoms with E-state index < -0.39 is 85.5 Å². The fourth-order valence-corrected chi connectivity index (χ4v) is 7.98. The molecule has 1 aliphatic carbocycles. The average Bonchev–Trinajstić information content (AvgIpc) is 3.31. The summed E-state index contributed by atoms with van der Waals surface area (Å²) < 4.78 is 48.7. The molecule has 6 amide bonds. The summed E-state index contributed by atoms with van der Waals surface area (Å²) in [6.07, 6.45) is -2.88. The summed E-state index contributed by atoms with van der Waals surface area (Å²) in [5.74, 6) is -5.86. The number of unbranched alkanes of at least 4 members (excludes halogenated alkanes) is 2. The van der Waals surface area contributed by atoms with E-state index in [2.05, 4.69) is 31.1 Å². The number of hydrogen-bond donors (Lipinski definition) is 10. The van der Waals surface area contributed by atoms with Crippen LogP contribution in [0.1, 0.15) is 84.2 Å². The van der Waals surface area contributed by atoms with Gasteiger partial charge in [0.1, 0.15) is 41.3 Å². The van der Waals surface area contributed by atoms with Crippen molar-refractivity contribution < 1.29 is 71.0 Å². The number of fused-ring (bicyclic) bond motifs is 2. The molecule has 1 heterocycles. The van der Waals surface area contributed by atoms with Gasteiger partial charge in [0.05, 0.1) is 11.1 Å². The lowest BCUT2D eigenvalue weighted by molar-refractivity contribution is -0.186. The highest BCUT2D eigenvalue weighted by molar-refractivity contribution is 7.32. The van der Waals surface area contributed by atoms with E-state index in [0.29, 0.717) is 29.4 Å². The van der Waals surface area contributed by atoms with Crippen molar-refractivity contribution in [3.63, 3.8) is 0 Å². The highest BCUT2D eigenvalue weighted by Crippen LogP contribution is 2.42. The summed E-state index contributed by atoms with van der Waals surface area (Å²) in [4.78, 5) is 112. The first-order chi connectivity index (χ1) is 34.1. The van der Waals surface area contributed by atoms with Crippen LogP contribution in [0, 0.1) is 0 Å². The molecule has 0 radical (unpaired) electrons. The molecule has 72 heavy (non-hydrogen) atoms. The van der Waals surface area contributed by atoms with Crippen molar-refractivity contribution in [2.24, 2.45) is 11.5 Å². The molecule has 0 fully saturated rings. The van der Waals surface area contributed by atoms with Crippen LogP contribution in [-0.4, -0.2) is 93.8 Å². The van der Waals surface area contributed by atoms with E-state index in [0.717, 1.165) is 19.1 Å². The minimum absolute atomic E-state index is 0.0177. The van der Waals surface area contributed by atoms with Crippen LogP contribution in [0.4, 0.5) is 8.78 Å². The molecule has 5 unspecified atom stereocenters. The molecule has 24 heteroatoms. The van der Waals surface area contributed by atoms with Crippen molar-refractivity contribution in [2.75, 3.05) is 13.1 Å².